The van der Waals surface area contributed by atoms with Crippen LogP contribution in [0, 0.1) is 13.8 Å². The number of ether oxygens (including phenoxy) is 2. The van der Waals surface area contributed by atoms with Gasteiger partial charge >= 0.3 is 0 Å². The van der Waals surface area contributed by atoms with E-state index < -0.39 is 0 Å². The molecular formula is C37H40N4O3. The zero-order valence-corrected chi connectivity index (χ0v) is 25.5. The molecule has 7 heteroatoms. The summed E-state index contributed by atoms with van der Waals surface area (Å²) in [6, 6.07) is 35.1. The number of imidazole rings is 1. The Morgan fingerprint density at radius 3 is 2.00 bits per heavy atom. The van der Waals surface area contributed by atoms with Gasteiger partial charge in [0, 0.05) is 41.9 Å². The van der Waals surface area contributed by atoms with Gasteiger partial charge in [-0.2, -0.15) is 0 Å². The third-order valence-electron chi connectivity index (χ3n) is 7.26. The number of nitrogens with one attached hydrogen (secondary N) is 1. The number of nitrogens with two attached hydrogens (primary N) is 1. The Morgan fingerprint density at radius 1 is 0.750 bits per heavy atom. The van der Waals surface area contributed by atoms with E-state index in [4.69, 9.17) is 20.2 Å². The first kappa shape index (κ1) is 30.9. The van der Waals surface area contributed by atoms with Gasteiger partial charge in [0.25, 0.3) is 5.91 Å². The van der Waals surface area contributed by atoms with Crippen molar-refractivity contribution in [3.63, 3.8) is 0 Å². The first-order chi connectivity index (χ1) is 21.5. The molecule has 0 aliphatic rings. The van der Waals surface area contributed by atoms with Crippen molar-refractivity contribution in [1.82, 2.24) is 14.9 Å². The maximum atomic E-state index is 12.8. The van der Waals surface area contributed by atoms with E-state index in [1.807, 2.05) is 48.5 Å². The fourth-order valence-electron chi connectivity index (χ4n) is 5.31. The first-order valence-electron chi connectivity index (χ1n) is 15.1. The van der Waals surface area contributed by atoms with Gasteiger partial charge in [-0.3, -0.25) is 4.79 Å². The molecule has 4 aromatic carbocycles. The molecular weight excluding hydrogens is 548 g/mol. The number of rotatable bonds is 14. The number of amides is 1. The number of nitrogens with zero attached hydrogens (tertiary/aromatic N) is 2. The SMILES string of the molecule is Cc1cc(C)cc(-c2nc(-c3ccccc3)c(-c3ccccc3)n2Cc2ccc(C(=O)NCCOCCOCCN)cc2)c1. The van der Waals surface area contributed by atoms with Crippen LogP contribution in [0.5, 0.6) is 0 Å². The lowest BCUT2D eigenvalue weighted by Gasteiger charge is -2.15. The zero-order chi connectivity index (χ0) is 30.7. The summed E-state index contributed by atoms with van der Waals surface area (Å²) >= 11 is 0. The number of hydrogen-bond donors (Lipinski definition) is 2. The summed E-state index contributed by atoms with van der Waals surface area (Å²) in [5.41, 5.74) is 14.7. The molecule has 0 aliphatic heterocycles. The Labute approximate surface area is 259 Å². The van der Waals surface area contributed by atoms with Gasteiger partial charge in [-0.25, -0.2) is 4.98 Å². The highest BCUT2D eigenvalue weighted by molar-refractivity contribution is 5.94. The molecule has 0 fully saturated rings. The van der Waals surface area contributed by atoms with Gasteiger partial charge in [0.2, 0.25) is 0 Å². The van der Waals surface area contributed by atoms with Crippen molar-refractivity contribution in [2.75, 3.05) is 39.5 Å². The molecule has 5 rings (SSSR count). The van der Waals surface area contributed by atoms with Gasteiger partial charge in [0.15, 0.2) is 0 Å². The van der Waals surface area contributed by atoms with E-state index in [-0.39, 0.29) is 5.91 Å². The lowest BCUT2D eigenvalue weighted by molar-refractivity contribution is 0.0511. The van der Waals surface area contributed by atoms with Gasteiger partial charge in [0.1, 0.15) is 5.82 Å². The van der Waals surface area contributed by atoms with Crippen molar-refractivity contribution in [3.05, 3.63) is 125 Å². The molecule has 7 nitrogen and oxygen atoms in total. The average molecular weight is 589 g/mol. The van der Waals surface area contributed by atoms with Crippen molar-refractivity contribution in [2.24, 2.45) is 5.73 Å². The van der Waals surface area contributed by atoms with Crippen LogP contribution in [-0.4, -0.2) is 55.0 Å². The van der Waals surface area contributed by atoms with E-state index in [0.717, 1.165) is 39.5 Å². The van der Waals surface area contributed by atoms with Crippen LogP contribution in [0.15, 0.2) is 103 Å². The largest absolute Gasteiger partial charge is 0.378 e. The molecule has 0 saturated heterocycles. The lowest BCUT2D eigenvalue weighted by atomic mass is 10.0. The molecule has 0 atom stereocenters. The first-order valence-corrected chi connectivity index (χ1v) is 15.1. The highest BCUT2D eigenvalue weighted by atomic mass is 16.5. The van der Waals surface area contributed by atoms with Gasteiger partial charge in [-0.15, -0.1) is 0 Å². The summed E-state index contributed by atoms with van der Waals surface area (Å²) in [6.07, 6.45) is 0. The van der Waals surface area contributed by atoms with Crippen LogP contribution in [0.4, 0.5) is 0 Å². The smallest absolute Gasteiger partial charge is 0.251 e. The molecule has 0 bridgehead atoms. The van der Waals surface area contributed by atoms with E-state index in [2.05, 4.69) is 78.3 Å². The Hall–Kier alpha value is -4.56. The molecule has 3 N–H and O–H groups in total. The number of aryl methyl sites for hydroxylation is 2. The highest BCUT2D eigenvalue weighted by Crippen LogP contribution is 2.37. The summed E-state index contributed by atoms with van der Waals surface area (Å²) < 4.78 is 13.1. The topological polar surface area (TPSA) is 91.4 Å². The molecule has 5 aromatic rings. The monoisotopic (exact) mass is 588 g/mol. The molecule has 0 aliphatic carbocycles. The summed E-state index contributed by atoms with van der Waals surface area (Å²) in [4.78, 5) is 18.1. The quantitative estimate of drug-likeness (QED) is 0.149. The zero-order valence-electron chi connectivity index (χ0n) is 25.5. The maximum Gasteiger partial charge on any atom is 0.251 e. The summed E-state index contributed by atoms with van der Waals surface area (Å²) in [5, 5.41) is 2.92. The van der Waals surface area contributed by atoms with Gasteiger partial charge in [-0.05, 0) is 43.7 Å². The number of carbonyl (C=O) groups is 1. The van der Waals surface area contributed by atoms with E-state index in [1.54, 1.807) is 0 Å². The van der Waals surface area contributed by atoms with Crippen molar-refractivity contribution < 1.29 is 14.3 Å². The van der Waals surface area contributed by atoms with Crippen LogP contribution in [0.25, 0.3) is 33.9 Å². The predicted molar refractivity (Wildman–Crippen MR) is 177 cm³/mol. The van der Waals surface area contributed by atoms with Crippen molar-refractivity contribution in [3.8, 4) is 33.9 Å². The minimum atomic E-state index is -0.130. The fourth-order valence-corrected chi connectivity index (χ4v) is 5.31. The molecule has 1 heterocycles. The minimum absolute atomic E-state index is 0.130. The number of benzene rings is 4. The summed E-state index contributed by atoms with van der Waals surface area (Å²) in [6.45, 7) is 7.65. The molecule has 0 saturated carbocycles. The second-order valence-corrected chi connectivity index (χ2v) is 10.8. The van der Waals surface area contributed by atoms with Crippen LogP contribution >= 0.6 is 0 Å². The third kappa shape index (κ3) is 7.88. The van der Waals surface area contributed by atoms with E-state index >= 15 is 0 Å². The summed E-state index contributed by atoms with van der Waals surface area (Å²) in [7, 11) is 0. The molecule has 0 radical (unpaired) electrons. The van der Waals surface area contributed by atoms with Gasteiger partial charge in [0.05, 0.1) is 37.8 Å². The predicted octanol–water partition coefficient (Wildman–Crippen LogP) is 6.27. The molecule has 0 unspecified atom stereocenters. The second-order valence-electron chi connectivity index (χ2n) is 10.8. The van der Waals surface area contributed by atoms with Gasteiger partial charge in [-0.1, -0.05) is 90.0 Å². The second kappa shape index (κ2) is 15.3. The van der Waals surface area contributed by atoms with Crippen LogP contribution in [0.3, 0.4) is 0 Å². The molecule has 1 amide bonds. The normalized spacial score (nSPS) is 11.1. The summed E-state index contributed by atoms with van der Waals surface area (Å²) in [5.74, 6) is 0.777. The fraction of sp³-hybridized carbons (Fsp3) is 0.243. The number of carbonyl (C=O) groups excluding carboxylic acids is 1. The molecule has 226 valence electrons. The molecule has 44 heavy (non-hydrogen) atoms. The van der Waals surface area contributed by atoms with E-state index in [0.29, 0.717) is 51.6 Å². The van der Waals surface area contributed by atoms with Crippen LogP contribution in [0.1, 0.15) is 27.0 Å². The van der Waals surface area contributed by atoms with Crippen molar-refractivity contribution in [2.45, 2.75) is 20.4 Å². The van der Waals surface area contributed by atoms with Crippen LogP contribution < -0.4 is 11.1 Å². The minimum Gasteiger partial charge on any atom is -0.378 e. The Bertz CT molecular complexity index is 1630. The maximum absolute atomic E-state index is 12.8. The van der Waals surface area contributed by atoms with Crippen LogP contribution in [0.2, 0.25) is 0 Å². The highest BCUT2D eigenvalue weighted by Gasteiger charge is 2.22. The Balaban J connectivity index is 1.42. The lowest BCUT2D eigenvalue weighted by Crippen LogP contribution is -2.27. The van der Waals surface area contributed by atoms with Crippen LogP contribution in [-0.2, 0) is 16.0 Å². The number of aromatic nitrogens is 2. The molecule has 1 aromatic heterocycles. The van der Waals surface area contributed by atoms with E-state index in [1.165, 1.54) is 11.1 Å². The Kier molecular flexibility index (Phi) is 10.7. The standard InChI is InChI=1S/C37H40N4O3/c1-27-23-28(2)25-33(24-27)36-40-34(30-9-5-3-6-10-30)35(31-11-7-4-8-12-31)41(36)26-29-13-15-32(16-14-29)37(42)39-18-20-44-22-21-43-19-17-38/h3-16,23-25H,17-22,26,38H2,1-2H3,(H,39,42). The number of hydrogen-bond acceptors (Lipinski definition) is 5. The van der Waals surface area contributed by atoms with Crippen molar-refractivity contribution in [1.29, 1.82) is 0 Å². The Morgan fingerprint density at radius 2 is 1.36 bits per heavy atom. The van der Waals surface area contributed by atoms with E-state index in [9.17, 15) is 4.79 Å². The van der Waals surface area contributed by atoms with Crippen molar-refractivity contribution >= 4 is 5.91 Å². The average Bonchev–Trinajstić information content (AvgIpc) is 3.42. The molecule has 0 spiro atoms. The van der Waals surface area contributed by atoms with Gasteiger partial charge < -0.3 is 25.1 Å². The third-order valence-corrected chi connectivity index (χ3v) is 7.26.